The van der Waals surface area contributed by atoms with Gasteiger partial charge in [-0.1, -0.05) is 11.3 Å². The maximum atomic E-state index is 12.7. The van der Waals surface area contributed by atoms with Crippen molar-refractivity contribution in [2.75, 3.05) is 0 Å². The summed E-state index contributed by atoms with van der Waals surface area (Å²) in [7, 11) is 0. The first-order valence-electron chi connectivity index (χ1n) is 6.42. The Morgan fingerprint density at radius 2 is 2.00 bits per heavy atom. The monoisotopic (exact) mass is 313 g/mol. The lowest BCUT2D eigenvalue weighted by molar-refractivity contribution is -0.146. The topological polar surface area (TPSA) is 68.0 Å². The average Bonchev–Trinajstić information content (AvgIpc) is 2.85. The van der Waals surface area contributed by atoms with Crippen LogP contribution in [0.15, 0.2) is 30.5 Å². The molecule has 2 aromatic rings. The summed E-state index contributed by atoms with van der Waals surface area (Å²) in [6.07, 6.45) is -2.88. The highest BCUT2D eigenvalue weighted by molar-refractivity contribution is 5.73. The molecular weight excluding hydrogens is 299 g/mol. The zero-order valence-corrected chi connectivity index (χ0v) is 11.9. The van der Waals surface area contributed by atoms with Gasteiger partial charge in [0, 0.05) is 6.42 Å². The van der Waals surface area contributed by atoms with E-state index in [9.17, 15) is 18.0 Å². The highest BCUT2D eigenvalue weighted by Crippen LogP contribution is 2.30. The Balaban J connectivity index is 2.27. The summed E-state index contributed by atoms with van der Waals surface area (Å²) < 4.78 is 39.3. The van der Waals surface area contributed by atoms with Crippen LogP contribution in [0.1, 0.15) is 25.1 Å². The molecule has 8 heteroatoms. The van der Waals surface area contributed by atoms with Gasteiger partial charge < -0.3 is 5.11 Å². The van der Waals surface area contributed by atoms with Gasteiger partial charge in [0.05, 0.1) is 28.6 Å². The molecular formula is C14H14F3N3O2. The van der Waals surface area contributed by atoms with E-state index in [0.29, 0.717) is 5.69 Å². The lowest BCUT2D eigenvalue weighted by atomic mass is 9.88. The summed E-state index contributed by atoms with van der Waals surface area (Å²) in [5.74, 6) is -0.985. The molecule has 118 valence electrons. The molecule has 0 bridgehead atoms. The number of rotatable bonds is 4. The number of carboxylic acids is 1. The number of nitrogens with zero attached hydrogens (tertiary/aromatic N) is 3. The Kier molecular flexibility index (Phi) is 3.95. The van der Waals surface area contributed by atoms with Crippen molar-refractivity contribution in [2.24, 2.45) is 5.41 Å². The molecule has 1 heterocycles. The molecule has 0 unspecified atom stereocenters. The van der Waals surface area contributed by atoms with Crippen molar-refractivity contribution in [3.05, 3.63) is 41.7 Å². The van der Waals surface area contributed by atoms with Crippen molar-refractivity contribution in [1.82, 2.24) is 15.0 Å². The maximum absolute atomic E-state index is 12.7. The molecule has 2 rings (SSSR count). The Morgan fingerprint density at radius 3 is 2.59 bits per heavy atom. The molecule has 0 aliphatic heterocycles. The average molecular weight is 313 g/mol. The van der Waals surface area contributed by atoms with Gasteiger partial charge >= 0.3 is 12.1 Å². The smallest absolute Gasteiger partial charge is 0.416 e. The molecule has 0 aliphatic rings. The van der Waals surface area contributed by atoms with Gasteiger partial charge in [-0.2, -0.15) is 13.2 Å². The molecule has 0 amide bonds. The molecule has 0 fully saturated rings. The van der Waals surface area contributed by atoms with E-state index in [4.69, 9.17) is 5.11 Å². The first kappa shape index (κ1) is 16.0. The Labute approximate surface area is 124 Å². The summed E-state index contributed by atoms with van der Waals surface area (Å²) in [6.45, 7) is 3.08. The number of aromatic nitrogens is 3. The van der Waals surface area contributed by atoms with E-state index in [1.54, 1.807) is 13.8 Å². The third-order valence-corrected chi connectivity index (χ3v) is 3.18. The summed E-state index contributed by atoms with van der Waals surface area (Å²) in [6, 6.07) is 4.67. The van der Waals surface area contributed by atoms with Crippen LogP contribution in [0.2, 0.25) is 0 Å². The zero-order chi connectivity index (χ0) is 16.5. The van der Waals surface area contributed by atoms with Crippen LogP contribution in [0.5, 0.6) is 0 Å². The normalized spacial score (nSPS) is 12.4. The van der Waals surface area contributed by atoms with E-state index in [-0.39, 0.29) is 12.1 Å². The number of carboxylic acid groups (broad SMARTS) is 1. The third kappa shape index (κ3) is 3.44. The SMILES string of the molecule is CC(C)(Cc1cn(-c2cccc(C(F)(F)F)c2)nn1)C(=O)O. The molecule has 0 spiro atoms. The minimum absolute atomic E-state index is 0.126. The van der Waals surface area contributed by atoms with Crippen LogP contribution < -0.4 is 0 Å². The van der Waals surface area contributed by atoms with Crippen molar-refractivity contribution in [3.8, 4) is 5.69 Å². The fourth-order valence-corrected chi connectivity index (χ4v) is 1.86. The van der Waals surface area contributed by atoms with Crippen LogP contribution in [0.25, 0.3) is 5.69 Å². The molecule has 1 aromatic carbocycles. The largest absolute Gasteiger partial charge is 0.481 e. The predicted octanol–water partition coefficient (Wildman–Crippen LogP) is 2.94. The molecule has 0 aliphatic carbocycles. The third-order valence-electron chi connectivity index (χ3n) is 3.18. The quantitative estimate of drug-likeness (QED) is 0.942. The minimum atomic E-state index is -4.44. The van der Waals surface area contributed by atoms with Crippen LogP contribution in [0.3, 0.4) is 0 Å². The van der Waals surface area contributed by atoms with Gasteiger partial charge in [0.25, 0.3) is 0 Å². The maximum Gasteiger partial charge on any atom is 0.416 e. The number of halogens is 3. The zero-order valence-electron chi connectivity index (χ0n) is 11.9. The summed E-state index contributed by atoms with van der Waals surface area (Å²) in [5.41, 5.74) is -1.21. The first-order valence-corrected chi connectivity index (χ1v) is 6.42. The summed E-state index contributed by atoms with van der Waals surface area (Å²) >= 11 is 0. The number of aliphatic carboxylic acids is 1. The molecule has 0 radical (unpaired) electrons. The van der Waals surface area contributed by atoms with Crippen LogP contribution in [-0.4, -0.2) is 26.1 Å². The number of alkyl halides is 3. The summed E-state index contributed by atoms with van der Waals surface area (Å²) in [5, 5.41) is 16.7. The van der Waals surface area contributed by atoms with E-state index in [2.05, 4.69) is 10.3 Å². The van der Waals surface area contributed by atoms with Crippen LogP contribution in [0.4, 0.5) is 13.2 Å². The molecule has 0 saturated heterocycles. The van der Waals surface area contributed by atoms with Gasteiger partial charge in [0.1, 0.15) is 0 Å². The molecule has 0 atom stereocenters. The highest BCUT2D eigenvalue weighted by Gasteiger charge is 2.31. The number of carbonyl (C=O) groups is 1. The lowest BCUT2D eigenvalue weighted by Crippen LogP contribution is -2.26. The van der Waals surface area contributed by atoms with Gasteiger partial charge in [-0.15, -0.1) is 5.10 Å². The molecule has 5 nitrogen and oxygen atoms in total. The molecule has 1 N–H and O–H groups in total. The van der Waals surface area contributed by atoms with Crippen LogP contribution in [0, 0.1) is 5.41 Å². The van der Waals surface area contributed by atoms with Gasteiger partial charge in [-0.05, 0) is 32.0 Å². The fraction of sp³-hybridized carbons (Fsp3) is 0.357. The second kappa shape index (κ2) is 5.43. The molecule has 1 aromatic heterocycles. The highest BCUT2D eigenvalue weighted by atomic mass is 19.4. The van der Waals surface area contributed by atoms with Gasteiger partial charge in [-0.25, -0.2) is 4.68 Å². The van der Waals surface area contributed by atoms with E-state index in [1.807, 2.05) is 0 Å². The lowest BCUT2D eigenvalue weighted by Gasteiger charge is -2.16. The van der Waals surface area contributed by atoms with Crippen molar-refractivity contribution in [1.29, 1.82) is 0 Å². The second-order valence-electron chi connectivity index (χ2n) is 5.57. The standard InChI is InChI=1S/C14H14F3N3O2/c1-13(2,12(21)22)7-10-8-20(19-18-10)11-5-3-4-9(6-11)14(15,16)17/h3-6,8H,7H2,1-2H3,(H,21,22). The Morgan fingerprint density at radius 1 is 1.32 bits per heavy atom. The predicted molar refractivity (Wildman–Crippen MR) is 71.5 cm³/mol. The molecule has 0 saturated carbocycles. The van der Waals surface area contributed by atoms with E-state index >= 15 is 0 Å². The van der Waals surface area contributed by atoms with Crippen molar-refractivity contribution in [2.45, 2.75) is 26.4 Å². The van der Waals surface area contributed by atoms with Gasteiger partial charge in [0.15, 0.2) is 0 Å². The van der Waals surface area contributed by atoms with Crippen molar-refractivity contribution >= 4 is 5.97 Å². The van der Waals surface area contributed by atoms with Crippen molar-refractivity contribution in [3.63, 3.8) is 0 Å². The van der Waals surface area contributed by atoms with Gasteiger partial charge in [0.2, 0.25) is 0 Å². The summed E-state index contributed by atoms with van der Waals surface area (Å²) in [4.78, 5) is 11.1. The molecule has 22 heavy (non-hydrogen) atoms. The van der Waals surface area contributed by atoms with Crippen molar-refractivity contribution < 1.29 is 23.1 Å². The van der Waals surface area contributed by atoms with E-state index in [0.717, 1.165) is 12.1 Å². The first-order chi connectivity index (χ1) is 10.1. The minimum Gasteiger partial charge on any atom is -0.481 e. The van der Waals surface area contributed by atoms with E-state index in [1.165, 1.54) is 23.0 Å². The number of hydrogen-bond donors (Lipinski definition) is 1. The Hall–Kier alpha value is -2.38. The van der Waals surface area contributed by atoms with Crippen LogP contribution >= 0.6 is 0 Å². The second-order valence-corrected chi connectivity index (χ2v) is 5.57. The number of benzene rings is 1. The Bertz CT molecular complexity index is 693. The van der Waals surface area contributed by atoms with Crippen LogP contribution in [-0.2, 0) is 17.4 Å². The van der Waals surface area contributed by atoms with E-state index < -0.39 is 23.1 Å². The van der Waals surface area contributed by atoms with Gasteiger partial charge in [-0.3, -0.25) is 4.79 Å². The fourth-order valence-electron chi connectivity index (χ4n) is 1.86. The number of hydrogen-bond acceptors (Lipinski definition) is 3.